The van der Waals surface area contributed by atoms with Crippen molar-refractivity contribution in [1.29, 1.82) is 0 Å². The fourth-order valence-electron chi connectivity index (χ4n) is 3.45. The van der Waals surface area contributed by atoms with Gasteiger partial charge < -0.3 is 14.5 Å². The average molecular weight is 443 g/mol. The van der Waals surface area contributed by atoms with Gasteiger partial charge in [0.25, 0.3) is 5.91 Å². The molecule has 0 aliphatic carbocycles. The third-order valence-corrected chi connectivity index (χ3v) is 6.38. The van der Waals surface area contributed by atoms with Crippen LogP contribution in [0.4, 0.5) is 5.82 Å². The van der Waals surface area contributed by atoms with Crippen molar-refractivity contribution >= 4 is 29.5 Å². The van der Waals surface area contributed by atoms with Crippen LogP contribution < -0.4 is 4.90 Å². The zero-order valence-electron chi connectivity index (χ0n) is 18.8. The molecule has 1 amide bonds. The van der Waals surface area contributed by atoms with Gasteiger partial charge in [-0.1, -0.05) is 26.0 Å². The Kier molecular flexibility index (Phi) is 7.54. The fourth-order valence-corrected chi connectivity index (χ4v) is 4.47. The molecule has 0 spiro atoms. The first-order valence-electron chi connectivity index (χ1n) is 10.5. The predicted octanol–water partition coefficient (Wildman–Crippen LogP) is 3.52. The second-order valence-corrected chi connectivity index (χ2v) is 9.32. The lowest BCUT2D eigenvalue weighted by atomic mass is 10.1. The third kappa shape index (κ3) is 5.55. The number of hydrogen-bond acceptors (Lipinski definition) is 7. The lowest BCUT2D eigenvalue weighted by Crippen LogP contribution is -2.49. The summed E-state index contributed by atoms with van der Waals surface area (Å²) in [4.78, 5) is 39.2. The lowest BCUT2D eigenvalue weighted by Gasteiger charge is -2.36. The van der Waals surface area contributed by atoms with E-state index < -0.39 is 0 Å². The van der Waals surface area contributed by atoms with E-state index in [0.29, 0.717) is 31.7 Å². The molecule has 1 fully saturated rings. The maximum absolute atomic E-state index is 13.2. The Morgan fingerprint density at radius 1 is 1.06 bits per heavy atom. The molecule has 8 heteroatoms. The van der Waals surface area contributed by atoms with E-state index in [1.807, 2.05) is 42.2 Å². The molecule has 2 aromatic rings. The van der Waals surface area contributed by atoms with Crippen LogP contribution in [0.15, 0.2) is 35.2 Å². The first-order valence-corrected chi connectivity index (χ1v) is 11.4. The Bertz CT molecular complexity index is 942. The van der Waals surface area contributed by atoms with E-state index in [9.17, 15) is 9.59 Å². The van der Waals surface area contributed by atoms with Gasteiger partial charge in [-0.05, 0) is 26.0 Å². The largest absolute Gasteiger partial charge is 0.468 e. The molecule has 1 saturated heterocycles. The van der Waals surface area contributed by atoms with Gasteiger partial charge >= 0.3 is 5.97 Å². The topological polar surface area (TPSA) is 75.6 Å². The molecule has 166 valence electrons. The number of carbonyl (C=O) groups excluding carboxylic acids is 2. The highest BCUT2D eigenvalue weighted by atomic mass is 32.2. The molecule has 1 aromatic carbocycles. The number of methoxy groups -OCH3 is 1. The Labute approximate surface area is 188 Å². The Balaban J connectivity index is 1.69. The highest BCUT2D eigenvalue weighted by Gasteiger charge is 2.26. The molecule has 0 radical (unpaired) electrons. The smallest absolute Gasteiger partial charge is 0.318 e. The van der Waals surface area contributed by atoms with E-state index >= 15 is 0 Å². The molecule has 7 nitrogen and oxygen atoms in total. The van der Waals surface area contributed by atoms with Crippen LogP contribution in [0, 0.1) is 6.92 Å². The summed E-state index contributed by atoms with van der Waals surface area (Å²) in [6.07, 6.45) is 0. The number of aromatic nitrogens is 2. The standard InChI is InChI=1S/C23H30N4O3S/c1-15(2)21-24-16(3)14-20(25-21)26-10-12-27(13-11-26)22(28)18-8-6-7-9-19(18)31-17(4)23(29)30-5/h6-9,14-15,17H,10-13H2,1-5H3. The second kappa shape index (κ2) is 10.1. The van der Waals surface area contributed by atoms with Crippen molar-refractivity contribution < 1.29 is 14.3 Å². The van der Waals surface area contributed by atoms with Crippen LogP contribution in [0.25, 0.3) is 0 Å². The minimum atomic E-state index is -0.382. The maximum atomic E-state index is 13.2. The van der Waals surface area contributed by atoms with Crippen molar-refractivity contribution in [1.82, 2.24) is 14.9 Å². The summed E-state index contributed by atoms with van der Waals surface area (Å²) >= 11 is 1.35. The van der Waals surface area contributed by atoms with E-state index in [1.54, 1.807) is 6.92 Å². The number of piperazine rings is 1. The Morgan fingerprint density at radius 3 is 2.39 bits per heavy atom. The second-order valence-electron chi connectivity index (χ2n) is 7.94. The van der Waals surface area contributed by atoms with Crippen LogP contribution in [0.3, 0.4) is 0 Å². The zero-order valence-corrected chi connectivity index (χ0v) is 19.6. The molecule has 2 heterocycles. The summed E-state index contributed by atoms with van der Waals surface area (Å²) in [7, 11) is 1.37. The van der Waals surface area contributed by atoms with Crippen molar-refractivity contribution in [3.8, 4) is 0 Å². The van der Waals surface area contributed by atoms with Crippen LogP contribution in [0.1, 0.15) is 48.6 Å². The summed E-state index contributed by atoms with van der Waals surface area (Å²) in [5.74, 6) is 1.72. The van der Waals surface area contributed by atoms with E-state index in [2.05, 4.69) is 23.7 Å². The number of hydrogen-bond donors (Lipinski definition) is 0. The number of anilines is 1. The van der Waals surface area contributed by atoms with Gasteiger partial charge in [0.2, 0.25) is 0 Å². The van der Waals surface area contributed by atoms with Crippen molar-refractivity contribution in [2.75, 3.05) is 38.2 Å². The molecule has 31 heavy (non-hydrogen) atoms. The average Bonchev–Trinajstić information content (AvgIpc) is 2.78. The van der Waals surface area contributed by atoms with Gasteiger partial charge in [0.15, 0.2) is 0 Å². The number of carbonyl (C=O) groups is 2. The first-order chi connectivity index (χ1) is 14.8. The molecule has 0 saturated carbocycles. The quantitative estimate of drug-likeness (QED) is 0.500. The summed E-state index contributed by atoms with van der Waals surface area (Å²) in [6, 6.07) is 9.44. The van der Waals surface area contributed by atoms with E-state index in [1.165, 1.54) is 18.9 Å². The van der Waals surface area contributed by atoms with Gasteiger partial charge in [-0.3, -0.25) is 9.59 Å². The van der Waals surface area contributed by atoms with Gasteiger partial charge in [-0.25, -0.2) is 9.97 Å². The third-order valence-electron chi connectivity index (χ3n) is 5.22. The van der Waals surface area contributed by atoms with Crippen LogP contribution in [0.5, 0.6) is 0 Å². The molecule has 3 rings (SSSR count). The Hall–Kier alpha value is -2.61. The number of thioether (sulfide) groups is 1. The SMILES string of the molecule is COC(=O)C(C)Sc1ccccc1C(=O)N1CCN(c2cc(C)nc(C(C)C)n2)CC1. The van der Waals surface area contributed by atoms with Crippen molar-refractivity contribution in [2.45, 2.75) is 43.8 Å². The number of aryl methyl sites for hydroxylation is 1. The number of benzene rings is 1. The number of amides is 1. The molecule has 1 aliphatic rings. The van der Waals surface area contributed by atoms with E-state index in [4.69, 9.17) is 9.72 Å². The van der Waals surface area contributed by atoms with Crippen LogP contribution in [-0.2, 0) is 9.53 Å². The van der Waals surface area contributed by atoms with Gasteiger partial charge in [0.05, 0.1) is 12.7 Å². The van der Waals surface area contributed by atoms with Gasteiger partial charge in [-0.2, -0.15) is 0 Å². The highest BCUT2D eigenvalue weighted by Crippen LogP contribution is 2.29. The molecule has 1 unspecified atom stereocenters. The first kappa shape index (κ1) is 23.1. The van der Waals surface area contributed by atoms with Crippen LogP contribution >= 0.6 is 11.8 Å². The van der Waals surface area contributed by atoms with Crippen LogP contribution in [0.2, 0.25) is 0 Å². The zero-order chi connectivity index (χ0) is 22.5. The van der Waals surface area contributed by atoms with Crippen molar-refractivity contribution in [3.05, 3.63) is 47.4 Å². The molecule has 0 bridgehead atoms. The minimum Gasteiger partial charge on any atom is -0.468 e. The van der Waals surface area contributed by atoms with E-state index in [0.717, 1.165) is 22.2 Å². The number of nitrogens with zero attached hydrogens (tertiary/aromatic N) is 4. The summed E-state index contributed by atoms with van der Waals surface area (Å²) in [5, 5.41) is -0.382. The molecular weight excluding hydrogens is 412 g/mol. The molecule has 1 aliphatic heterocycles. The van der Waals surface area contributed by atoms with Crippen molar-refractivity contribution in [3.63, 3.8) is 0 Å². The lowest BCUT2D eigenvalue weighted by molar-refractivity contribution is -0.139. The highest BCUT2D eigenvalue weighted by molar-refractivity contribution is 8.00. The monoisotopic (exact) mass is 442 g/mol. The van der Waals surface area contributed by atoms with Crippen molar-refractivity contribution in [2.24, 2.45) is 0 Å². The number of ether oxygens (including phenoxy) is 1. The maximum Gasteiger partial charge on any atom is 0.318 e. The normalized spacial score (nSPS) is 15.2. The fraction of sp³-hybridized carbons (Fsp3) is 0.478. The number of rotatable bonds is 6. The van der Waals surface area contributed by atoms with Gasteiger partial charge in [0, 0.05) is 48.8 Å². The van der Waals surface area contributed by atoms with Crippen LogP contribution in [-0.4, -0.2) is 65.3 Å². The Morgan fingerprint density at radius 2 is 1.74 bits per heavy atom. The van der Waals surface area contributed by atoms with Gasteiger partial charge in [0.1, 0.15) is 16.9 Å². The molecule has 1 atom stereocenters. The summed E-state index contributed by atoms with van der Waals surface area (Å²) in [5.41, 5.74) is 1.58. The molecule has 1 aromatic heterocycles. The van der Waals surface area contributed by atoms with Gasteiger partial charge in [-0.15, -0.1) is 11.8 Å². The molecule has 0 N–H and O–H groups in total. The number of esters is 1. The summed E-state index contributed by atoms with van der Waals surface area (Å²) < 4.78 is 4.82. The minimum absolute atomic E-state index is 0.0125. The van der Waals surface area contributed by atoms with E-state index in [-0.39, 0.29) is 23.0 Å². The predicted molar refractivity (Wildman–Crippen MR) is 123 cm³/mol. The summed E-state index contributed by atoms with van der Waals surface area (Å²) in [6.45, 7) is 10.6. The molecular formula is C23H30N4O3S.